The monoisotopic (exact) mass is 362 g/mol. The largest absolute Gasteiger partial charge is 0.381 e. The lowest BCUT2D eigenvalue weighted by Crippen LogP contribution is -2.49. The van der Waals surface area contributed by atoms with Gasteiger partial charge in [0.15, 0.2) is 5.82 Å². The minimum Gasteiger partial charge on any atom is -0.381 e. The van der Waals surface area contributed by atoms with Gasteiger partial charge in [-0.05, 0) is 45.1 Å². The third kappa shape index (κ3) is 4.26. The standard InChI is InChI=1S/C19H30N4O3/c1-22(10-6-17-20-18(26-21-17)14-4-5-14)19(24)15-3-2-9-23(13-15)16-7-11-25-12-8-16/h14-16H,2-13H2,1H3/t15-/m1/s1. The summed E-state index contributed by atoms with van der Waals surface area (Å²) in [6, 6.07) is 0.588. The van der Waals surface area contributed by atoms with Gasteiger partial charge < -0.3 is 14.2 Å². The van der Waals surface area contributed by atoms with Gasteiger partial charge in [-0.1, -0.05) is 5.16 Å². The molecule has 1 saturated carbocycles. The first-order valence-electron chi connectivity index (χ1n) is 10.1. The maximum absolute atomic E-state index is 12.9. The van der Waals surface area contributed by atoms with E-state index in [2.05, 4.69) is 15.0 Å². The van der Waals surface area contributed by atoms with Gasteiger partial charge >= 0.3 is 0 Å². The highest BCUT2D eigenvalue weighted by Gasteiger charge is 2.32. The van der Waals surface area contributed by atoms with Crippen molar-refractivity contribution < 1.29 is 14.1 Å². The molecule has 1 aliphatic carbocycles. The van der Waals surface area contributed by atoms with Gasteiger partial charge in [-0.3, -0.25) is 9.69 Å². The molecule has 26 heavy (non-hydrogen) atoms. The van der Waals surface area contributed by atoms with E-state index in [4.69, 9.17) is 9.26 Å². The fourth-order valence-corrected chi connectivity index (χ4v) is 4.14. The number of rotatable bonds is 6. The van der Waals surface area contributed by atoms with Gasteiger partial charge in [0.2, 0.25) is 11.8 Å². The minimum absolute atomic E-state index is 0.115. The summed E-state index contributed by atoms with van der Waals surface area (Å²) in [5.74, 6) is 2.35. The first kappa shape index (κ1) is 17.9. The van der Waals surface area contributed by atoms with Crippen LogP contribution in [0.3, 0.4) is 0 Å². The number of likely N-dealkylation sites (tertiary alicyclic amines) is 1. The van der Waals surface area contributed by atoms with Gasteiger partial charge in [0, 0.05) is 51.7 Å². The van der Waals surface area contributed by atoms with Crippen LogP contribution in [0.5, 0.6) is 0 Å². The van der Waals surface area contributed by atoms with E-state index in [1.54, 1.807) is 0 Å². The van der Waals surface area contributed by atoms with Crippen LogP contribution in [-0.2, 0) is 16.0 Å². The zero-order chi connectivity index (χ0) is 17.9. The molecule has 2 aliphatic heterocycles. The van der Waals surface area contributed by atoms with E-state index >= 15 is 0 Å². The van der Waals surface area contributed by atoms with E-state index in [0.29, 0.717) is 24.9 Å². The van der Waals surface area contributed by atoms with E-state index in [1.807, 2.05) is 11.9 Å². The Hall–Kier alpha value is -1.47. The third-order valence-electron chi connectivity index (χ3n) is 5.97. The highest BCUT2D eigenvalue weighted by Crippen LogP contribution is 2.38. The maximum Gasteiger partial charge on any atom is 0.229 e. The fraction of sp³-hybridized carbons (Fsp3) is 0.842. The molecule has 7 heteroatoms. The number of amides is 1. The SMILES string of the molecule is CN(CCc1noc(C2CC2)n1)C(=O)[C@@H]1CCCN(C2CCOCC2)C1. The van der Waals surface area contributed by atoms with Crippen LogP contribution in [0.25, 0.3) is 0 Å². The Morgan fingerprint density at radius 2 is 2.04 bits per heavy atom. The van der Waals surface area contributed by atoms with E-state index in [-0.39, 0.29) is 11.8 Å². The highest BCUT2D eigenvalue weighted by atomic mass is 16.5. The normalized spacial score (nSPS) is 25.3. The highest BCUT2D eigenvalue weighted by molar-refractivity contribution is 5.78. The molecule has 3 aliphatic rings. The van der Waals surface area contributed by atoms with Crippen LogP contribution in [0.15, 0.2) is 4.52 Å². The Bertz CT molecular complexity index is 610. The number of nitrogens with zero attached hydrogens (tertiary/aromatic N) is 4. The van der Waals surface area contributed by atoms with Crippen LogP contribution in [0, 0.1) is 5.92 Å². The van der Waals surface area contributed by atoms with Crippen molar-refractivity contribution in [2.24, 2.45) is 5.92 Å². The van der Waals surface area contributed by atoms with Gasteiger partial charge in [-0.15, -0.1) is 0 Å². The van der Waals surface area contributed by atoms with Crippen molar-refractivity contribution in [1.29, 1.82) is 0 Å². The first-order chi connectivity index (χ1) is 12.7. The molecule has 0 bridgehead atoms. The number of likely N-dealkylation sites (N-methyl/N-ethyl adjacent to an activating group) is 1. The van der Waals surface area contributed by atoms with Crippen molar-refractivity contribution in [3.05, 3.63) is 11.7 Å². The summed E-state index contributed by atoms with van der Waals surface area (Å²) >= 11 is 0. The summed E-state index contributed by atoms with van der Waals surface area (Å²) in [7, 11) is 1.90. The van der Waals surface area contributed by atoms with Gasteiger partial charge in [-0.25, -0.2) is 0 Å². The maximum atomic E-state index is 12.9. The summed E-state index contributed by atoms with van der Waals surface area (Å²) in [6.07, 6.45) is 7.27. The molecule has 4 rings (SSSR count). The van der Waals surface area contributed by atoms with Crippen LogP contribution < -0.4 is 0 Å². The average molecular weight is 362 g/mol. The number of ether oxygens (including phenoxy) is 1. The molecule has 0 unspecified atom stereocenters. The third-order valence-corrected chi connectivity index (χ3v) is 5.97. The zero-order valence-electron chi connectivity index (χ0n) is 15.7. The van der Waals surface area contributed by atoms with Crippen molar-refractivity contribution in [2.75, 3.05) is 39.9 Å². The van der Waals surface area contributed by atoms with Crippen molar-refractivity contribution in [2.45, 2.75) is 56.9 Å². The Morgan fingerprint density at radius 1 is 1.23 bits per heavy atom. The topological polar surface area (TPSA) is 71.7 Å². The molecule has 1 atom stereocenters. The van der Waals surface area contributed by atoms with Gasteiger partial charge in [-0.2, -0.15) is 4.98 Å². The summed E-state index contributed by atoms with van der Waals surface area (Å²) in [4.78, 5) is 21.7. The van der Waals surface area contributed by atoms with Crippen molar-refractivity contribution >= 4 is 5.91 Å². The molecular formula is C19H30N4O3. The summed E-state index contributed by atoms with van der Waals surface area (Å²) in [5, 5.41) is 4.05. The first-order valence-corrected chi connectivity index (χ1v) is 10.1. The van der Waals surface area contributed by atoms with Crippen molar-refractivity contribution in [3.8, 4) is 0 Å². The lowest BCUT2D eigenvalue weighted by atomic mass is 9.93. The minimum atomic E-state index is 0.115. The number of hydrogen-bond donors (Lipinski definition) is 0. The summed E-state index contributed by atoms with van der Waals surface area (Å²) in [6.45, 7) is 4.36. The zero-order valence-corrected chi connectivity index (χ0v) is 15.7. The molecule has 1 amide bonds. The van der Waals surface area contributed by atoms with Gasteiger partial charge in [0.25, 0.3) is 0 Å². The van der Waals surface area contributed by atoms with E-state index in [9.17, 15) is 4.79 Å². The van der Waals surface area contributed by atoms with Gasteiger partial charge in [0.05, 0.1) is 5.92 Å². The molecule has 0 N–H and O–H groups in total. The predicted octanol–water partition coefficient (Wildman–Crippen LogP) is 1.84. The number of aromatic nitrogens is 2. The summed E-state index contributed by atoms with van der Waals surface area (Å²) in [5.41, 5.74) is 0. The molecule has 0 spiro atoms. The van der Waals surface area contributed by atoms with E-state index in [1.165, 1.54) is 0 Å². The molecule has 2 saturated heterocycles. The number of piperidine rings is 1. The van der Waals surface area contributed by atoms with E-state index in [0.717, 1.165) is 76.5 Å². The fourth-order valence-electron chi connectivity index (χ4n) is 4.14. The molecule has 7 nitrogen and oxygen atoms in total. The van der Waals surface area contributed by atoms with Crippen molar-refractivity contribution in [3.63, 3.8) is 0 Å². The Kier molecular flexibility index (Phi) is 5.55. The van der Waals surface area contributed by atoms with E-state index < -0.39 is 0 Å². The second-order valence-electron chi connectivity index (χ2n) is 8.01. The van der Waals surface area contributed by atoms with Crippen LogP contribution in [0.4, 0.5) is 0 Å². The van der Waals surface area contributed by atoms with Gasteiger partial charge in [0.1, 0.15) is 0 Å². The predicted molar refractivity (Wildman–Crippen MR) is 95.8 cm³/mol. The summed E-state index contributed by atoms with van der Waals surface area (Å²) < 4.78 is 10.8. The molecule has 0 radical (unpaired) electrons. The molecule has 1 aromatic heterocycles. The van der Waals surface area contributed by atoms with Crippen LogP contribution in [0.1, 0.15) is 56.2 Å². The molecule has 1 aromatic rings. The second-order valence-corrected chi connectivity index (χ2v) is 8.01. The smallest absolute Gasteiger partial charge is 0.229 e. The van der Waals surface area contributed by atoms with Crippen LogP contribution in [-0.4, -0.2) is 71.8 Å². The molecular weight excluding hydrogens is 332 g/mol. The van der Waals surface area contributed by atoms with Crippen molar-refractivity contribution in [1.82, 2.24) is 19.9 Å². The molecule has 0 aromatic carbocycles. The number of hydrogen-bond acceptors (Lipinski definition) is 6. The molecule has 3 fully saturated rings. The second kappa shape index (κ2) is 8.05. The Morgan fingerprint density at radius 3 is 2.81 bits per heavy atom. The lowest BCUT2D eigenvalue weighted by molar-refractivity contribution is -0.136. The quantitative estimate of drug-likeness (QED) is 0.769. The lowest BCUT2D eigenvalue weighted by Gasteiger charge is -2.40. The van der Waals surface area contributed by atoms with Crippen LogP contribution in [0.2, 0.25) is 0 Å². The Balaban J connectivity index is 1.26. The molecule has 3 heterocycles. The Labute approximate surface area is 155 Å². The number of carbonyl (C=O) groups excluding carboxylic acids is 1. The van der Waals surface area contributed by atoms with Crippen LogP contribution >= 0.6 is 0 Å². The number of carbonyl (C=O) groups is 1. The average Bonchev–Trinajstić information content (AvgIpc) is 3.44. The molecule has 144 valence electrons.